The van der Waals surface area contributed by atoms with Crippen LogP contribution >= 0.6 is 23.2 Å². The Balaban J connectivity index is 1.87. The molecule has 1 N–H and O–H groups in total. The number of carbonyl (C=O) groups excluding carboxylic acids is 1. The summed E-state index contributed by atoms with van der Waals surface area (Å²) in [5.41, 5.74) is 1.45. The Kier molecular flexibility index (Phi) is 7.31. The van der Waals surface area contributed by atoms with Crippen LogP contribution in [0.1, 0.15) is 11.1 Å². The SMILES string of the molecule is N#Cc1cccc(NC(=O)CN(Cc2ccc(Cl)cc2)S(=O)(=O)c2ccc(Cl)cc2)c1. The highest BCUT2D eigenvalue weighted by Gasteiger charge is 2.27. The van der Waals surface area contributed by atoms with E-state index in [9.17, 15) is 13.2 Å². The second-order valence-corrected chi connectivity index (χ2v) is 9.41. The van der Waals surface area contributed by atoms with Gasteiger partial charge in [-0.1, -0.05) is 41.4 Å². The molecule has 3 aromatic carbocycles. The van der Waals surface area contributed by atoms with Crippen LogP contribution < -0.4 is 5.32 Å². The van der Waals surface area contributed by atoms with Gasteiger partial charge in [0.25, 0.3) is 0 Å². The van der Waals surface area contributed by atoms with Crippen molar-refractivity contribution in [1.82, 2.24) is 4.31 Å². The number of hydrogen-bond donors (Lipinski definition) is 1. The molecule has 158 valence electrons. The summed E-state index contributed by atoms with van der Waals surface area (Å²) in [6.45, 7) is -0.460. The molecule has 0 bridgehead atoms. The summed E-state index contributed by atoms with van der Waals surface area (Å²) >= 11 is 11.8. The Bertz CT molecular complexity index is 1220. The molecular weight excluding hydrogens is 457 g/mol. The Morgan fingerprint density at radius 2 is 1.58 bits per heavy atom. The highest BCUT2D eigenvalue weighted by atomic mass is 35.5. The van der Waals surface area contributed by atoms with Crippen molar-refractivity contribution in [1.29, 1.82) is 5.26 Å². The van der Waals surface area contributed by atoms with E-state index in [-0.39, 0.29) is 11.4 Å². The third-order valence-corrected chi connectivity index (χ3v) is 6.63. The summed E-state index contributed by atoms with van der Waals surface area (Å²) in [6.07, 6.45) is 0. The summed E-state index contributed by atoms with van der Waals surface area (Å²) in [5, 5.41) is 12.6. The lowest BCUT2D eigenvalue weighted by molar-refractivity contribution is -0.116. The molecule has 0 aromatic heterocycles. The van der Waals surface area contributed by atoms with E-state index in [0.717, 1.165) is 4.31 Å². The molecule has 0 atom stereocenters. The zero-order valence-electron chi connectivity index (χ0n) is 16.1. The van der Waals surface area contributed by atoms with Crippen LogP contribution in [0, 0.1) is 11.3 Å². The number of benzene rings is 3. The molecule has 0 unspecified atom stereocenters. The highest BCUT2D eigenvalue weighted by Crippen LogP contribution is 2.21. The Labute approximate surface area is 190 Å². The van der Waals surface area contributed by atoms with Gasteiger partial charge in [0.05, 0.1) is 23.1 Å². The van der Waals surface area contributed by atoms with E-state index in [0.29, 0.717) is 26.9 Å². The smallest absolute Gasteiger partial charge is 0.243 e. The van der Waals surface area contributed by atoms with Crippen molar-refractivity contribution in [2.75, 3.05) is 11.9 Å². The van der Waals surface area contributed by atoms with Crippen LogP contribution in [0.4, 0.5) is 5.69 Å². The maximum atomic E-state index is 13.2. The average molecular weight is 474 g/mol. The summed E-state index contributed by atoms with van der Waals surface area (Å²) in [7, 11) is -4.00. The number of rotatable bonds is 7. The molecule has 0 heterocycles. The Hall–Kier alpha value is -2.89. The lowest BCUT2D eigenvalue weighted by Crippen LogP contribution is -2.37. The van der Waals surface area contributed by atoms with Crippen molar-refractivity contribution in [3.05, 3.63) is 94.0 Å². The maximum absolute atomic E-state index is 13.2. The van der Waals surface area contributed by atoms with Crippen molar-refractivity contribution >= 4 is 44.8 Å². The van der Waals surface area contributed by atoms with Gasteiger partial charge in [-0.05, 0) is 60.2 Å². The van der Waals surface area contributed by atoms with Gasteiger partial charge in [0.2, 0.25) is 15.9 Å². The Morgan fingerprint density at radius 3 is 2.19 bits per heavy atom. The molecule has 9 heteroatoms. The van der Waals surface area contributed by atoms with E-state index in [2.05, 4.69) is 5.32 Å². The fourth-order valence-electron chi connectivity index (χ4n) is 2.80. The molecule has 0 aliphatic heterocycles. The third kappa shape index (κ3) is 6.06. The van der Waals surface area contributed by atoms with Gasteiger partial charge in [0.15, 0.2) is 0 Å². The van der Waals surface area contributed by atoms with Crippen molar-refractivity contribution in [3.63, 3.8) is 0 Å². The first-order chi connectivity index (χ1) is 14.8. The summed E-state index contributed by atoms with van der Waals surface area (Å²) < 4.78 is 27.5. The van der Waals surface area contributed by atoms with Gasteiger partial charge in [-0.25, -0.2) is 8.42 Å². The third-order valence-electron chi connectivity index (χ3n) is 4.32. The minimum Gasteiger partial charge on any atom is -0.325 e. The van der Waals surface area contributed by atoms with Crippen molar-refractivity contribution < 1.29 is 13.2 Å². The molecule has 0 spiro atoms. The van der Waals surface area contributed by atoms with Crippen molar-refractivity contribution in [3.8, 4) is 6.07 Å². The van der Waals surface area contributed by atoms with Gasteiger partial charge < -0.3 is 5.32 Å². The molecule has 1 amide bonds. The number of anilines is 1. The minimum atomic E-state index is -4.00. The van der Waals surface area contributed by atoms with E-state index in [4.69, 9.17) is 28.5 Å². The molecule has 0 radical (unpaired) electrons. The van der Waals surface area contributed by atoms with Crippen LogP contribution in [0.25, 0.3) is 0 Å². The average Bonchev–Trinajstić information content (AvgIpc) is 2.75. The summed E-state index contributed by atoms with van der Waals surface area (Å²) in [6, 6.07) is 20.8. The van der Waals surface area contributed by atoms with Crippen molar-refractivity contribution in [2.45, 2.75) is 11.4 Å². The van der Waals surface area contributed by atoms with Crippen LogP contribution in [0.5, 0.6) is 0 Å². The number of halogens is 2. The molecule has 3 aromatic rings. The number of hydrogen-bond acceptors (Lipinski definition) is 4. The molecular formula is C22H17Cl2N3O3S. The predicted molar refractivity (Wildman–Crippen MR) is 120 cm³/mol. The van der Waals surface area contributed by atoms with Crippen LogP contribution in [0.2, 0.25) is 10.0 Å². The lowest BCUT2D eigenvalue weighted by atomic mass is 10.2. The number of amides is 1. The van der Waals surface area contributed by atoms with Crippen LogP contribution in [0.15, 0.2) is 77.7 Å². The molecule has 0 aliphatic carbocycles. The van der Waals surface area contributed by atoms with E-state index < -0.39 is 22.5 Å². The molecule has 0 saturated heterocycles. The molecule has 0 aliphatic rings. The second kappa shape index (κ2) is 9.94. The fourth-order valence-corrected chi connectivity index (χ4v) is 4.44. The van der Waals surface area contributed by atoms with Gasteiger partial charge in [-0.2, -0.15) is 9.57 Å². The fraction of sp³-hybridized carbons (Fsp3) is 0.0909. The second-order valence-electron chi connectivity index (χ2n) is 6.59. The zero-order chi connectivity index (χ0) is 22.4. The van der Waals surface area contributed by atoms with Gasteiger partial charge in [0, 0.05) is 22.3 Å². The first kappa shape index (κ1) is 22.8. The number of nitriles is 1. The Morgan fingerprint density at radius 1 is 0.968 bits per heavy atom. The maximum Gasteiger partial charge on any atom is 0.243 e. The highest BCUT2D eigenvalue weighted by molar-refractivity contribution is 7.89. The monoisotopic (exact) mass is 473 g/mol. The lowest BCUT2D eigenvalue weighted by Gasteiger charge is -2.22. The first-order valence-corrected chi connectivity index (χ1v) is 11.3. The quantitative estimate of drug-likeness (QED) is 0.538. The molecule has 0 fully saturated rings. The van der Waals surface area contributed by atoms with Gasteiger partial charge >= 0.3 is 0 Å². The van der Waals surface area contributed by atoms with Gasteiger partial charge in [-0.3, -0.25) is 4.79 Å². The van der Waals surface area contributed by atoms with E-state index in [1.165, 1.54) is 30.3 Å². The van der Waals surface area contributed by atoms with E-state index in [1.807, 2.05) is 6.07 Å². The number of sulfonamides is 1. The first-order valence-electron chi connectivity index (χ1n) is 9.08. The molecule has 31 heavy (non-hydrogen) atoms. The zero-order valence-corrected chi connectivity index (χ0v) is 18.5. The number of nitrogens with one attached hydrogen (secondary N) is 1. The van der Waals surface area contributed by atoms with Gasteiger partial charge in [0.1, 0.15) is 0 Å². The largest absolute Gasteiger partial charge is 0.325 e. The topological polar surface area (TPSA) is 90.3 Å². The number of nitrogens with zero attached hydrogens (tertiary/aromatic N) is 2. The van der Waals surface area contributed by atoms with Gasteiger partial charge in [-0.15, -0.1) is 0 Å². The molecule has 6 nitrogen and oxygen atoms in total. The van der Waals surface area contributed by atoms with Crippen LogP contribution in [-0.2, 0) is 21.4 Å². The molecule has 3 rings (SSSR count). The predicted octanol–water partition coefficient (Wildman–Crippen LogP) is 4.69. The van der Waals surface area contributed by atoms with Crippen LogP contribution in [0.3, 0.4) is 0 Å². The summed E-state index contributed by atoms with van der Waals surface area (Å²) in [4.78, 5) is 12.7. The standard InChI is InChI=1S/C22H17Cl2N3O3S/c23-18-6-4-16(5-7-18)14-27(31(29,30)21-10-8-19(24)9-11-21)15-22(28)26-20-3-1-2-17(12-20)13-25/h1-12H,14-15H2,(H,26,28). The minimum absolute atomic E-state index is 0.0186. The summed E-state index contributed by atoms with van der Waals surface area (Å²) in [5.74, 6) is -0.540. The number of carbonyl (C=O) groups is 1. The van der Waals surface area contributed by atoms with Crippen LogP contribution in [-0.4, -0.2) is 25.2 Å². The molecule has 0 saturated carbocycles. The normalized spacial score (nSPS) is 11.2. The van der Waals surface area contributed by atoms with E-state index >= 15 is 0 Å². The van der Waals surface area contributed by atoms with Crippen molar-refractivity contribution in [2.24, 2.45) is 0 Å². The van der Waals surface area contributed by atoms with E-state index in [1.54, 1.807) is 42.5 Å².